The molecule has 1 aliphatic heterocycles. The average Bonchev–Trinajstić information content (AvgIpc) is 3.37. The molecule has 3 nitrogen and oxygen atoms in total. The normalized spacial score (nSPS) is 38.8. The number of ether oxygens (including phenoxy) is 2. The minimum absolute atomic E-state index is 0.141. The van der Waals surface area contributed by atoms with Gasteiger partial charge in [-0.1, -0.05) is 30.2 Å². The van der Waals surface area contributed by atoms with Crippen molar-refractivity contribution in [2.24, 2.45) is 23.2 Å². The van der Waals surface area contributed by atoms with Gasteiger partial charge in [0.15, 0.2) is 5.79 Å². The highest BCUT2D eigenvalue weighted by molar-refractivity contribution is 7.98. The highest BCUT2D eigenvalue weighted by Gasteiger charge is 2.57. The highest BCUT2D eigenvalue weighted by atomic mass is 32.2. The zero-order chi connectivity index (χ0) is 21.2. The second kappa shape index (κ2) is 7.46. The van der Waals surface area contributed by atoms with E-state index in [-0.39, 0.29) is 11.2 Å². The number of allylic oxidation sites excluding steroid dienone is 2. The minimum atomic E-state index is -0.316. The maximum atomic E-state index is 13.1. The Bertz CT molecular complexity index is 913. The van der Waals surface area contributed by atoms with Crippen LogP contribution in [0.15, 0.2) is 40.3 Å². The molecule has 6 rings (SSSR count). The Kier molecular flexibility index (Phi) is 4.94. The Morgan fingerprint density at radius 2 is 1.77 bits per heavy atom. The van der Waals surface area contributed by atoms with E-state index in [4.69, 9.17) is 9.47 Å². The predicted molar refractivity (Wildman–Crippen MR) is 123 cm³/mol. The smallest absolute Gasteiger partial charge is 0.169 e. The quantitative estimate of drug-likeness (QED) is 0.411. The number of fused-ring (bicyclic) bond motifs is 4. The lowest BCUT2D eigenvalue weighted by Crippen LogP contribution is -2.46. The molecule has 5 atom stereocenters. The van der Waals surface area contributed by atoms with Gasteiger partial charge in [0.05, 0.1) is 13.2 Å². The molecule has 1 aromatic carbocycles. The summed E-state index contributed by atoms with van der Waals surface area (Å²) < 4.78 is 12.2. The third-order valence-corrected chi connectivity index (χ3v) is 10.1. The van der Waals surface area contributed by atoms with Gasteiger partial charge in [-0.15, -0.1) is 11.8 Å². The highest BCUT2D eigenvalue weighted by Crippen LogP contribution is 2.63. The summed E-state index contributed by atoms with van der Waals surface area (Å²) in [5.41, 5.74) is 4.70. The second-order valence-electron chi connectivity index (χ2n) is 10.7. The number of ketones is 1. The maximum Gasteiger partial charge on any atom is 0.169 e. The number of carbonyl (C=O) groups excluding carboxylic acids is 1. The fourth-order valence-corrected chi connectivity index (χ4v) is 8.30. The number of thioether (sulfide) groups is 1. The van der Waals surface area contributed by atoms with E-state index in [1.54, 1.807) is 22.9 Å². The van der Waals surface area contributed by atoms with Crippen molar-refractivity contribution >= 4 is 17.5 Å². The zero-order valence-electron chi connectivity index (χ0n) is 18.8. The van der Waals surface area contributed by atoms with Crippen LogP contribution in [0.1, 0.15) is 69.8 Å². The summed E-state index contributed by atoms with van der Waals surface area (Å²) in [5.74, 6) is 2.31. The Morgan fingerprint density at radius 1 is 1.00 bits per heavy atom. The molecule has 1 saturated heterocycles. The van der Waals surface area contributed by atoms with Crippen LogP contribution in [0.2, 0.25) is 0 Å². The van der Waals surface area contributed by atoms with Gasteiger partial charge >= 0.3 is 0 Å². The molecule has 1 heterocycles. The van der Waals surface area contributed by atoms with E-state index in [0.29, 0.717) is 29.5 Å². The number of Topliss-reactive ketones (excluding diaryl/α,β-unsaturated/α-hetero) is 1. The van der Waals surface area contributed by atoms with E-state index in [1.807, 2.05) is 0 Å². The van der Waals surface area contributed by atoms with Crippen molar-refractivity contribution in [1.29, 1.82) is 0 Å². The summed E-state index contributed by atoms with van der Waals surface area (Å²) in [7, 11) is 0. The van der Waals surface area contributed by atoms with E-state index in [0.717, 1.165) is 51.7 Å². The standard InChI is InChI=1S/C27H34O3S/c1-26-16-22(17-3-6-19(31-2)7-4-17)25-20-11-12-27(29-13-14-30-27)15-18(20)5-8-21(25)23(26)9-10-24(26)28/h3-4,6-7,18,21-23H,5,8-16H2,1-2H3/t18?,21-,22+,23?,26-/m0/s1. The Balaban J connectivity index is 1.43. The number of hydrogen-bond donors (Lipinski definition) is 0. The van der Waals surface area contributed by atoms with Crippen LogP contribution >= 0.6 is 11.8 Å². The van der Waals surface area contributed by atoms with Gasteiger partial charge in [0, 0.05) is 35.5 Å². The molecule has 1 spiro atoms. The molecular formula is C27H34O3S. The molecule has 0 N–H and O–H groups in total. The van der Waals surface area contributed by atoms with Crippen molar-refractivity contribution in [3.8, 4) is 0 Å². The molecular weight excluding hydrogens is 404 g/mol. The van der Waals surface area contributed by atoms with Crippen molar-refractivity contribution < 1.29 is 14.3 Å². The molecule has 1 aromatic rings. The van der Waals surface area contributed by atoms with Gasteiger partial charge in [-0.3, -0.25) is 4.79 Å². The Morgan fingerprint density at radius 3 is 2.52 bits per heavy atom. The molecule has 166 valence electrons. The molecule has 0 aromatic heterocycles. The van der Waals surface area contributed by atoms with Gasteiger partial charge in [0.25, 0.3) is 0 Å². The zero-order valence-corrected chi connectivity index (χ0v) is 19.6. The largest absolute Gasteiger partial charge is 0.348 e. The van der Waals surface area contributed by atoms with Crippen LogP contribution in [0.4, 0.5) is 0 Å². The monoisotopic (exact) mass is 438 g/mol. The first kappa shape index (κ1) is 20.5. The topological polar surface area (TPSA) is 35.5 Å². The van der Waals surface area contributed by atoms with Gasteiger partial charge in [-0.25, -0.2) is 0 Å². The molecule has 0 radical (unpaired) electrons. The van der Waals surface area contributed by atoms with Gasteiger partial charge in [-0.2, -0.15) is 0 Å². The lowest BCUT2D eigenvalue weighted by Gasteiger charge is -2.52. The fourth-order valence-electron chi connectivity index (χ4n) is 7.90. The van der Waals surface area contributed by atoms with Crippen LogP contribution in [0, 0.1) is 23.2 Å². The molecule has 2 unspecified atom stereocenters. The first-order valence-corrected chi connectivity index (χ1v) is 13.4. The van der Waals surface area contributed by atoms with Crippen LogP contribution < -0.4 is 0 Å². The van der Waals surface area contributed by atoms with Crippen LogP contribution in [-0.4, -0.2) is 31.0 Å². The summed E-state index contributed by atoms with van der Waals surface area (Å²) in [6.07, 6.45) is 10.6. The summed E-state index contributed by atoms with van der Waals surface area (Å²) in [6, 6.07) is 9.20. The SMILES string of the molecule is CSc1ccc([C@H]2C[C@]3(C)C(=O)CCC3[C@@H]3CCC4CC5(CCC4=C32)OCCO5)cc1. The van der Waals surface area contributed by atoms with Gasteiger partial charge in [0.2, 0.25) is 0 Å². The van der Waals surface area contributed by atoms with Crippen LogP contribution in [0.3, 0.4) is 0 Å². The van der Waals surface area contributed by atoms with Gasteiger partial charge < -0.3 is 9.47 Å². The molecule has 3 saturated carbocycles. The van der Waals surface area contributed by atoms with Crippen LogP contribution in [-0.2, 0) is 14.3 Å². The summed E-state index contributed by atoms with van der Waals surface area (Å²) in [5, 5.41) is 0. The van der Waals surface area contributed by atoms with Crippen LogP contribution in [0.5, 0.6) is 0 Å². The van der Waals surface area contributed by atoms with E-state index < -0.39 is 0 Å². The number of benzene rings is 1. The lowest BCUT2D eigenvalue weighted by molar-refractivity contribution is -0.181. The summed E-state index contributed by atoms with van der Waals surface area (Å²) in [6.45, 7) is 3.78. The Labute approximate surface area is 190 Å². The first-order valence-electron chi connectivity index (χ1n) is 12.2. The van der Waals surface area contributed by atoms with E-state index in [2.05, 4.69) is 37.4 Å². The van der Waals surface area contributed by atoms with Crippen molar-refractivity contribution in [3.05, 3.63) is 41.0 Å². The lowest BCUT2D eigenvalue weighted by atomic mass is 9.52. The molecule has 4 aliphatic carbocycles. The number of carbonyl (C=O) groups is 1. The second-order valence-corrected chi connectivity index (χ2v) is 11.6. The predicted octanol–water partition coefficient (Wildman–Crippen LogP) is 6.13. The molecule has 31 heavy (non-hydrogen) atoms. The summed E-state index contributed by atoms with van der Waals surface area (Å²) >= 11 is 1.80. The van der Waals surface area contributed by atoms with E-state index >= 15 is 0 Å². The summed E-state index contributed by atoms with van der Waals surface area (Å²) in [4.78, 5) is 14.4. The van der Waals surface area contributed by atoms with Crippen molar-refractivity contribution in [3.63, 3.8) is 0 Å². The number of rotatable bonds is 2. The van der Waals surface area contributed by atoms with Crippen molar-refractivity contribution in [1.82, 2.24) is 0 Å². The first-order chi connectivity index (χ1) is 15.0. The number of hydrogen-bond acceptors (Lipinski definition) is 4. The van der Waals surface area contributed by atoms with Gasteiger partial charge in [-0.05, 0) is 73.8 Å². The van der Waals surface area contributed by atoms with E-state index in [9.17, 15) is 4.79 Å². The maximum absolute atomic E-state index is 13.1. The third kappa shape index (κ3) is 3.12. The minimum Gasteiger partial charge on any atom is -0.348 e. The third-order valence-electron chi connectivity index (χ3n) is 9.38. The van der Waals surface area contributed by atoms with Crippen molar-refractivity contribution in [2.45, 2.75) is 74.9 Å². The average molecular weight is 439 g/mol. The fraction of sp³-hybridized carbons (Fsp3) is 0.667. The van der Waals surface area contributed by atoms with E-state index in [1.165, 1.54) is 23.3 Å². The molecule has 0 amide bonds. The molecule has 4 heteroatoms. The molecule has 0 bridgehead atoms. The Hall–Kier alpha value is -1.10. The molecule has 4 fully saturated rings. The van der Waals surface area contributed by atoms with Crippen LogP contribution in [0.25, 0.3) is 0 Å². The van der Waals surface area contributed by atoms with Gasteiger partial charge in [0.1, 0.15) is 5.78 Å². The molecule has 5 aliphatic rings. The van der Waals surface area contributed by atoms with Crippen molar-refractivity contribution in [2.75, 3.05) is 19.5 Å².